The van der Waals surface area contributed by atoms with Crippen molar-refractivity contribution in [2.24, 2.45) is 11.3 Å². The molecule has 3 aliphatic rings. The van der Waals surface area contributed by atoms with Gasteiger partial charge in [0, 0.05) is 32.7 Å². The van der Waals surface area contributed by atoms with Crippen LogP contribution in [0.2, 0.25) is 0 Å². The fraction of sp³-hybridized carbons (Fsp3) is 0.923. The Morgan fingerprint density at radius 2 is 2.00 bits per heavy atom. The molecular formula is C13H24ClN3O2. The van der Waals surface area contributed by atoms with Crippen LogP contribution >= 0.6 is 12.4 Å². The Kier molecular flexibility index (Phi) is 4.58. The summed E-state index contributed by atoms with van der Waals surface area (Å²) in [5.74, 6) is 0.835. The van der Waals surface area contributed by atoms with Gasteiger partial charge in [-0.1, -0.05) is 0 Å². The molecule has 1 atom stereocenters. The Bertz CT molecular complexity index is 318. The molecule has 19 heavy (non-hydrogen) atoms. The number of nitrogens with zero attached hydrogens (tertiary/aromatic N) is 2. The Hall–Kier alpha value is -0.520. The first kappa shape index (κ1) is 14.9. The summed E-state index contributed by atoms with van der Waals surface area (Å²) in [6, 6.07) is 0. The van der Waals surface area contributed by atoms with Crippen molar-refractivity contribution in [3.05, 3.63) is 0 Å². The standard InChI is InChI=1S/C13H23N3O2.ClH/c17-12(18)16-5-2-13(3-6-16)9-15(10-13)8-11-1-4-14-7-11;/h11,14H,1-10H2,(H,17,18);1H. The molecule has 3 heterocycles. The quantitative estimate of drug-likeness (QED) is 0.799. The van der Waals surface area contributed by atoms with Gasteiger partial charge in [-0.05, 0) is 43.7 Å². The second-order valence-corrected chi connectivity index (χ2v) is 6.30. The van der Waals surface area contributed by atoms with Gasteiger partial charge in [0.25, 0.3) is 0 Å². The molecular weight excluding hydrogens is 266 g/mol. The minimum atomic E-state index is -0.752. The van der Waals surface area contributed by atoms with Gasteiger partial charge in [-0.3, -0.25) is 0 Å². The van der Waals surface area contributed by atoms with Crippen LogP contribution in [0.15, 0.2) is 0 Å². The third-order valence-corrected chi connectivity index (χ3v) is 4.89. The van der Waals surface area contributed by atoms with E-state index in [1.54, 1.807) is 4.90 Å². The molecule has 0 bridgehead atoms. The number of piperidine rings is 1. The number of amides is 1. The summed E-state index contributed by atoms with van der Waals surface area (Å²) < 4.78 is 0. The molecule has 3 aliphatic heterocycles. The first-order valence-corrected chi connectivity index (χ1v) is 7.08. The van der Waals surface area contributed by atoms with Crippen molar-refractivity contribution in [3.8, 4) is 0 Å². The van der Waals surface area contributed by atoms with Crippen molar-refractivity contribution in [1.29, 1.82) is 0 Å². The third kappa shape index (κ3) is 3.15. The molecule has 3 rings (SSSR count). The van der Waals surface area contributed by atoms with Gasteiger partial charge >= 0.3 is 6.09 Å². The van der Waals surface area contributed by atoms with E-state index in [1.807, 2.05) is 0 Å². The molecule has 1 unspecified atom stereocenters. The summed E-state index contributed by atoms with van der Waals surface area (Å²) in [6.07, 6.45) is 2.67. The zero-order valence-corrected chi connectivity index (χ0v) is 12.1. The Labute approximate surface area is 120 Å². The van der Waals surface area contributed by atoms with Gasteiger partial charge in [-0.25, -0.2) is 4.79 Å². The predicted octanol–water partition coefficient (Wildman–Crippen LogP) is 1.09. The van der Waals surface area contributed by atoms with Crippen LogP contribution in [0, 0.1) is 11.3 Å². The first-order chi connectivity index (χ1) is 8.67. The summed E-state index contributed by atoms with van der Waals surface area (Å²) in [4.78, 5) is 15.0. The van der Waals surface area contributed by atoms with E-state index in [2.05, 4.69) is 10.2 Å². The SMILES string of the molecule is Cl.O=C(O)N1CCC2(CC1)CN(CC1CCNC1)C2. The van der Waals surface area contributed by atoms with Crippen LogP contribution in [-0.2, 0) is 0 Å². The highest BCUT2D eigenvalue weighted by Gasteiger charge is 2.45. The van der Waals surface area contributed by atoms with E-state index in [1.165, 1.54) is 39.1 Å². The lowest BCUT2D eigenvalue weighted by atomic mass is 9.71. The van der Waals surface area contributed by atoms with E-state index < -0.39 is 6.09 Å². The smallest absolute Gasteiger partial charge is 0.407 e. The third-order valence-electron chi connectivity index (χ3n) is 4.89. The minimum Gasteiger partial charge on any atom is -0.465 e. The Morgan fingerprint density at radius 3 is 2.53 bits per heavy atom. The van der Waals surface area contributed by atoms with Gasteiger partial charge in [0.15, 0.2) is 0 Å². The molecule has 0 radical (unpaired) electrons. The molecule has 0 saturated carbocycles. The number of likely N-dealkylation sites (tertiary alicyclic amines) is 2. The molecule has 0 aliphatic carbocycles. The second-order valence-electron chi connectivity index (χ2n) is 6.30. The van der Waals surface area contributed by atoms with Crippen molar-refractivity contribution < 1.29 is 9.90 Å². The van der Waals surface area contributed by atoms with Gasteiger partial charge in [0.05, 0.1) is 0 Å². The minimum absolute atomic E-state index is 0. The average Bonchev–Trinajstić information content (AvgIpc) is 2.80. The van der Waals surface area contributed by atoms with Crippen molar-refractivity contribution in [2.75, 3.05) is 45.8 Å². The fourth-order valence-electron chi connectivity index (χ4n) is 3.76. The molecule has 0 aromatic rings. The normalized spacial score (nSPS) is 29.9. The number of halogens is 1. The molecule has 110 valence electrons. The van der Waals surface area contributed by atoms with Crippen LogP contribution in [0.25, 0.3) is 0 Å². The van der Waals surface area contributed by atoms with Crippen LogP contribution in [-0.4, -0.2) is 66.8 Å². The number of hydrogen-bond acceptors (Lipinski definition) is 3. The maximum absolute atomic E-state index is 10.9. The molecule has 2 N–H and O–H groups in total. The summed E-state index contributed by atoms with van der Waals surface area (Å²) in [5.41, 5.74) is 0.442. The molecule has 1 amide bonds. The Morgan fingerprint density at radius 1 is 1.32 bits per heavy atom. The predicted molar refractivity (Wildman–Crippen MR) is 75.9 cm³/mol. The highest BCUT2D eigenvalue weighted by atomic mass is 35.5. The lowest BCUT2D eigenvalue weighted by molar-refractivity contribution is -0.0483. The summed E-state index contributed by atoms with van der Waals surface area (Å²) in [6.45, 7) is 7.43. The Balaban J connectivity index is 0.00000133. The molecule has 3 fully saturated rings. The zero-order valence-electron chi connectivity index (χ0n) is 11.3. The molecule has 0 aromatic carbocycles. The highest BCUT2D eigenvalue weighted by Crippen LogP contribution is 2.40. The maximum atomic E-state index is 10.9. The monoisotopic (exact) mass is 289 g/mol. The van der Waals surface area contributed by atoms with Crippen LogP contribution in [0.1, 0.15) is 19.3 Å². The van der Waals surface area contributed by atoms with Crippen LogP contribution in [0.4, 0.5) is 4.79 Å². The molecule has 6 heteroatoms. The number of hydrogen-bond donors (Lipinski definition) is 2. The highest BCUT2D eigenvalue weighted by molar-refractivity contribution is 5.85. The largest absolute Gasteiger partial charge is 0.465 e. The summed E-state index contributed by atoms with van der Waals surface area (Å²) >= 11 is 0. The van der Waals surface area contributed by atoms with Gasteiger partial charge in [-0.2, -0.15) is 0 Å². The van der Waals surface area contributed by atoms with Crippen molar-refractivity contribution >= 4 is 18.5 Å². The van der Waals surface area contributed by atoms with E-state index in [9.17, 15) is 4.79 Å². The lowest BCUT2D eigenvalue weighted by Crippen LogP contribution is -2.61. The zero-order chi connectivity index (χ0) is 12.6. The second kappa shape index (κ2) is 5.85. The molecule has 1 spiro atoms. The summed E-state index contributed by atoms with van der Waals surface area (Å²) in [7, 11) is 0. The fourth-order valence-corrected chi connectivity index (χ4v) is 3.76. The number of carbonyl (C=O) groups is 1. The van der Waals surface area contributed by atoms with Crippen LogP contribution in [0.3, 0.4) is 0 Å². The molecule has 5 nitrogen and oxygen atoms in total. The van der Waals surface area contributed by atoms with Gasteiger partial charge in [0.2, 0.25) is 0 Å². The summed E-state index contributed by atoms with van der Waals surface area (Å²) in [5, 5.41) is 12.4. The van der Waals surface area contributed by atoms with E-state index in [0.717, 1.165) is 31.8 Å². The van der Waals surface area contributed by atoms with Crippen LogP contribution < -0.4 is 5.32 Å². The van der Waals surface area contributed by atoms with Crippen LogP contribution in [0.5, 0.6) is 0 Å². The van der Waals surface area contributed by atoms with Crippen molar-refractivity contribution in [3.63, 3.8) is 0 Å². The maximum Gasteiger partial charge on any atom is 0.407 e. The topological polar surface area (TPSA) is 55.8 Å². The molecule has 3 saturated heterocycles. The van der Waals surface area contributed by atoms with Crippen molar-refractivity contribution in [1.82, 2.24) is 15.1 Å². The molecule has 0 aromatic heterocycles. The number of rotatable bonds is 2. The average molecular weight is 290 g/mol. The van der Waals surface area contributed by atoms with E-state index >= 15 is 0 Å². The van der Waals surface area contributed by atoms with E-state index in [-0.39, 0.29) is 12.4 Å². The van der Waals surface area contributed by atoms with Gasteiger partial charge < -0.3 is 20.2 Å². The van der Waals surface area contributed by atoms with E-state index in [0.29, 0.717) is 5.41 Å². The number of carboxylic acid groups (broad SMARTS) is 1. The van der Waals surface area contributed by atoms with Crippen molar-refractivity contribution in [2.45, 2.75) is 19.3 Å². The van der Waals surface area contributed by atoms with E-state index in [4.69, 9.17) is 5.11 Å². The lowest BCUT2D eigenvalue weighted by Gasteiger charge is -2.54. The number of nitrogens with one attached hydrogen (secondary N) is 1. The van der Waals surface area contributed by atoms with Gasteiger partial charge in [0.1, 0.15) is 0 Å². The first-order valence-electron chi connectivity index (χ1n) is 7.08. The van der Waals surface area contributed by atoms with Gasteiger partial charge in [-0.15, -0.1) is 12.4 Å².